The number of hydrogen-bond acceptors (Lipinski definition) is 2. The Morgan fingerprint density at radius 2 is 1.89 bits per heavy atom. The second kappa shape index (κ2) is 3.18. The van der Waals surface area contributed by atoms with E-state index in [1.54, 1.807) is 7.11 Å². The van der Waals surface area contributed by atoms with Gasteiger partial charge in [0.05, 0.1) is 12.7 Å². The minimum absolute atomic E-state index is 0.0440. The molecular formula is C7H16O2. The fourth-order valence-electron chi connectivity index (χ4n) is 0.702. The highest BCUT2D eigenvalue weighted by Gasteiger charge is 2.22. The molecule has 56 valence electrons. The summed E-state index contributed by atoms with van der Waals surface area (Å²) in [4.78, 5) is 0. The van der Waals surface area contributed by atoms with Gasteiger partial charge in [0.2, 0.25) is 0 Å². The van der Waals surface area contributed by atoms with Gasteiger partial charge in [0.15, 0.2) is 0 Å². The molecule has 0 saturated carbocycles. The van der Waals surface area contributed by atoms with E-state index in [4.69, 9.17) is 9.84 Å². The molecule has 0 aromatic heterocycles. The van der Waals surface area contributed by atoms with Crippen LogP contribution in [-0.2, 0) is 4.74 Å². The van der Waals surface area contributed by atoms with E-state index in [1.165, 1.54) is 0 Å². The summed E-state index contributed by atoms with van der Waals surface area (Å²) < 4.78 is 5.01. The van der Waals surface area contributed by atoms with Crippen molar-refractivity contribution < 1.29 is 9.84 Å². The maximum Gasteiger partial charge on any atom is 0.0850 e. The molecule has 9 heavy (non-hydrogen) atoms. The van der Waals surface area contributed by atoms with Crippen LogP contribution < -0.4 is 0 Å². The third-order valence-corrected chi connectivity index (χ3v) is 1.42. The SMILES string of the molecule is CO[C@H](CO)C(C)(C)C. The molecule has 0 fully saturated rings. The average molecular weight is 132 g/mol. The Hall–Kier alpha value is -0.0800. The zero-order chi connectivity index (χ0) is 7.49. The van der Waals surface area contributed by atoms with Gasteiger partial charge in [-0.25, -0.2) is 0 Å². The van der Waals surface area contributed by atoms with Gasteiger partial charge in [-0.2, -0.15) is 0 Å². The van der Waals surface area contributed by atoms with Crippen molar-refractivity contribution in [2.75, 3.05) is 13.7 Å². The number of rotatable bonds is 2. The van der Waals surface area contributed by atoms with Crippen molar-refractivity contribution in [1.82, 2.24) is 0 Å². The van der Waals surface area contributed by atoms with Crippen LogP contribution in [0.2, 0.25) is 0 Å². The first-order valence-electron chi connectivity index (χ1n) is 3.16. The monoisotopic (exact) mass is 132 g/mol. The lowest BCUT2D eigenvalue weighted by molar-refractivity contribution is -0.0218. The molecule has 0 aromatic rings. The first kappa shape index (κ1) is 8.92. The lowest BCUT2D eigenvalue weighted by Gasteiger charge is -2.27. The van der Waals surface area contributed by atoms with Crippen molar-refractivity contribution in [2.24, 2.45) is 5.41 Å². The lowest BCUT2D eigenvalue weighted by Crippen LogP contribution is -2.31. The van der Waals surface area contributed by atoms with Crippen LogP contribution in [0.4, 0.5) is 0 Å². The summed E-state index contributed by atoms with van der Waals surface area (Å²) in [6.45, 7) is 6.21. The minimum Gasteiger partial charge on any atom is -0.394 e. The molecule has 0 aliphatic rings. The Bertz CT molecular complexity index is 69.5. The normalized spacial score (nSPS) is 15.7. The smallest absolute Gasteiger partial charge is 0.0850 e. The Labute approximate surface area is 56.8 Å². The van der Waals surface area contributed by atoms with Crippen LogP contribution >= 0.6 is 0 Å². The Morgan fingerprint density at radius 1 is 1.44 bits per heavy atom. The van der Waals surface area contributed by atoms with Crippen LogP contribution in [0, 0.1) is 5.41 Å². The topological polar surface area (TPSA) is 29.5 Å². The third kappa shape index (κ3) is 2.82. The lowest BCUT2D eigenvalue weighted by atomic mass is 9.90. The fraction of sp³-hybridized carbons (Fsp3) is 1.00. The van der Waals surface area contributed by atoms with Gasteiger partial charge in [-0.3, -0.25) is 0 Å². The van der Waals surface area contributed by atoms with Gasteiger partial charge in [0.1, 0.15) is 0 Å². The number of aliphatic hydroxyl groups excluding tert-OH is 1. The molecule has 0 rings (SSSR count). The predicted molar refractivity (Wildman–Crippen MR) is 37.3 cm³/mol. The molecule has 0 bridgehead atoms. The summed E-state index contributed by atoms with van der Waals surface area (Å²) in [5.74, 6) is 0. The first-order valence-corrected chi connectivity index (χ1v) is 3.16. The quantitative estimate of drug-likeness (QED) is 0.608. The largest absolute Gasteiger partial charge is 0.394 e. The first-order chi connectivity index (χ1) is 4.02. The summed E-state index contributed by atoms with van der Waals surface area (Å²) in [5.41, 5.74) is 0.0451. The van der Waals surface area contributed by atoms with Crippen LogP contribution in [0.3, 0.4) is 0 Å². The summed E-state index contributed by atoms with van der Waals surface area (Å²) in [7, 11) is 1.62. The van der Waals surface area contributed by atoms with Crippen LogP contribution in [0.25, 0.3) is 0 Å². The Morgan fingerprint density at radius 3 is 1.89 bits per heavy atom. The number of hydrogen-bond donors (Lipinski definition) is 1. The molecule has 0 heterocycles. The highest BCUT2D eigenvalue weighted by Crippen LogP contribution is 2.20. The third-order valence-electron chi connectivity index (χ3n) is 1.42. The number of methoxy groups -OCH3 is 1. The summed E-state index contributed by atoms with van der Waals surface area (Å²) in [5, 5.41) is 8.74. The Kier molecular flexibility index (Phi) is 3.15. The number of ether oxygens (including phenoxy) is 1. The Balaban J connectivity index is 3.79. The molecule has 2 heteroatoms. The maximum atomic E-state index is 8.74. The van der Waals surface area contributed by atoms with E-state index < -0.39 is 0 Å². The van der Waals surface area contributed by atoms with E-state index >= 15 is 0 Å². The molecule has 0 aliphatic carbocycles. The van der Waals surface area contributed by atoms with Crippen molar-refractivity contribution in [3.63, 3.8) is 0 Å². The van der Waals surface area contributed by atoms with Crippen LogP contribution in [0.1, 0.15) is 20.8 Å². The second-order valence-corrected chi connectivity index (χ2v) is 3.27. The van der Waals surface area contributed by atoms with Crippen molar-refractivity contribution in [3.8, 4) is 0 Å². The molecule has 0 spiro atoms. The van der Waals surface area contributed by atoms with Crippen molar-refractivity contribution >= 4 is 0 Å². The molecule has 0 aliphatic heterocycles. The van der Waals surface area contributed by atoms with E-state index in [2.05, 4.69) is 0 Å². The standard InChI is InChI=1S/C7H16O2/c1-7(2,3)6(5-8)9-4/h6,8H,5H2,1-4H3/t6-/m1/s1. The zero-order valence-corrected chi connectivity index (χ0v) is 6.64. The summed E-state index contributed by atoms with van der Waals surface area (Å²) >= 11 is 0. The molecular weight excluding hydrogens is 116 g/mol. The predicted octanol–water partition coefficient (Wildman–Crippen LogP) is 1.04. The average Bonchev–Trinajstić information content (AvgIpc) is 1.65. The summed E-state index contributed by atoms with van der Waals surface area (Å²) in [6.07, 6.45) is -0.0440. The van der Waals surface area contributed by atoms with E-state index in [9.17, 15) is 0 Å². The van der Waals surface area contributed by atoms with E-state index in [-0.39, 0.29) is 18.1 Å². The molecule has 0 unspecified atom stereocenters. The zero-order valence-electron chi connectivity index (χ0n) is 6.64. The van der Waals surface area contributed by atoms with Gasteiger partial charge < -0.3 is 9.84 Å². The molecule has 2 nitrogen and oxygen atoms in total. The van der Waals surface area contributed by atoms with Gasteiger partial charge in [-0.1, -0.05) is 20.8 Å². The van der Waals surface area contributed by atoms with Gasteiger partial charge in [0.25, 0.3) is 0 Å². The highest BCUT2D eigenvalue weighted by molar-refractivity contribution is 4.72. The minimum atomic E-state index is -0.0440. The van der Waals surface area contributed by atoms with Crippen LogP contribution in [0.5, 0.6) is 0 Å². The van der Waals surface area contributed by atoms with Gasteiger partial charge in [0, 0.05) is 7.11 Å². The highest BCUT2D eigenvalue weighted by atomic mass is 16.5. The molecule has 0 radical (unpaired) electrons. The van der Waals surface area contributed by atoms with E-state index in [1.807, 2.05) is 20.8 Å². The molecule has 1 atom stereocenters. The fourth-order valence-corrected chi connectivity index (χ4v) is 0.702. The molecule has 1 N–H and O–H groups in total. The van der Waals surface area contributed by atoms with Crippen molar-refractivity contribution in [3.05, 3.63) is 0 Å². The van der Waals surface area contributed by atoms with E-state index in [0.29, 0.717) is 0 Å². The van der Waals surface area contributed by atoms with Crippen LogP contribution in [-0.4, -0.2) is 24.9 Å². The van der Waals surface area contributed by atoms with E-state index in [0.717, 1.165) is 0 Å². The van der Waals surface area contributed by atoms with Gasteiger partial charge >= 0.3 is 0 Å². The van der Waals surface area contributed by atoms with Crippen LogP contribution in [0.15, 0.2) is 0 Å². The number of aliphatic hydroxyl groups is 1. The van der Waals surface area contributed by atoms with Crippen molar-refractivity contribution in [1.29, 1.82) is 0 Å². The maximum absolute atomic E-state index is 8.74. The second-order valence-electron chi connectivity index (χ2n) is 3.27. The molecule has 0 saturated heterocycles. The van der Waals surface area contributed by atoms with Gasteiger partial charge in [-0.05, 0) is 5.41 Å². The summed E-state index contributed by atoms with van der Waals surface area (Å²) in [6, 6.07) is 0. The van der Waals surface area contributed by atoms with Crippen molar-refractivity contribution in [2.45, 2.75) is 26.9 Å². The van der Waals surface area contributed by atoms with Gasteiger partial charge in [-0.15, -0.1) is 0 Å². The molecule has 0 aromatic carbocycles. The molecule has 0 amide bonds.